The van der Waals surface area contributed by atoms with Crippen LogP contribution in [0.3, 0.4) is 0 Å². The van der Waals surface area contributed by atoms with Crippen molar-refractivity contribution in [3.8, 4) is 0 Å². The minimum absolute atomic E-state index is 0.259. The number of Topliss-reactive ketones (excluding diaryl/α,β-unsaturated/α-hetero) is 1. The highest BCUT2D eigenvalue weighted by molar-refractivity contribution is 7.99. The number of aromatic nitrogens is 1. The highest BCUT2D eigenvalue weighted by Gasteiger charge is 2.23. The molecule has 0 N–H and O–H groups in total. The van der Waals surface area contributed by atoms with Gasteiger partial charge in [0, 0.05) is 48.1 Å². The third-order valence-electron chi connectivity index (χ3n) is 3.93. The van der Waals surface area contributed by atoms with E-state index in [1.807, 2.05) is 38.7 Å². The van der Waals surface area contributed by atoms with Crippen LogP contribution >= 0.6 is 11.8 Å². The Bertz CT molecular complexity index is 453. The summed E-state index contributed by atoms with van der Waals surface area (Å²) in [6, 6.07) is 2.53. The molecule has 0 radical (unpaired) electrons. The van der Waals surface area contributed by atoms with E-state index in [1.165, 1.54) is 0 Å². The second kappa shape index (κ2) is 5.49. The van der Waals surface area contributed by atoms with Crippen LogP contribution < -0.4 is 0 Å². The van der Waals surface area contributed by atoms with Crippen molar-refractivity contribution < 1.29 is 4.79 Å². The van der Waals surface area contributed by atoms with Crippen molar-refractivity contribution in [3.05, 3.63) is 23.0 Å². The van der Waals surface area contributed by atoms with E-state index >= 15 is 0 Å². The van der Waals surface area contributed by atoms with Crippen molar-refractivity contribution in [1.29, 1.82) is 0 Å². The molecular formula is C14H22N2OS. The molecule has 1 aromatic rings. The number of aryl methyl sites for hydroxylation is 1. The van der Waals surface area contributed by atoms with Crippen LogP contribution in [-0.2, 0) is 7.05 Å². The molecule has 0 amide bonds. The number of nitrogens with zero attached hydrogens (tertiary/aromatic N) is 2. The molecule has 1 aromatic heterocycles. The van der Waals surface area contributed by atoms with Crippen LogP contribution in [0.25, 0.3) is 0 Å². The van der Waals surface area contributed by atoms with Crippen LogP contribution in [0.1, 0.15) is 28.7 Å². The molecule has 0 saturated carbocycles. The molecule has 1 fully saturated rings. The van der Waals surface area contributed by atoms with Crippen molar-refractivity contribution in [1.82, 2.24) is 9.47 Å². The first-order valence-electron chi connectivity index (χ1n) is 6.48. The lowest BCUT2D eigenvalue weighted by Gasteiger charge is -2.32. The predicted octanol–water partition coefficient (Wildman–Crippen LogP) is 2.26. The molecule has 2 heterocycles. The zero-order valence-electron chi connectivity index (χ0n) is 11.7. The Morgan fingerprint density at radius 2 is 2.22 bits per heavy atom. The van der Waals surface area contributed by atoms with Crippen molar-refractivity contribution in [2.75, 3.05) is 24.6 Å². The Hall–Kier alpha value is -0.740. The summed E-state index contributed by atoms with van der Waals surface area (Å²) < 4.78 is 2.09. The molecule has 4 heteroatoms. The molecule has 3 nitrogen and oxygen atoms in total. The first kappa shape index (κ1) is 13.7. The molecule has 1 aliphatic rings. The van der Waals surface area contributed by atoms with E-state index in [9.17, 15) is 4.79 Å². The second-order valence-electron chi connectivity index (χ2n) is 5.16. The van der Waals surface area contributed by atoms with Gasteiger partial charge >= 0.3 is 0 Å². The summed E-state index contributed by atoms with van der Waals surface area (Å²) in [5.41, 5.74) is 3.12. The minimum atomic E-state index is 0.259. The van der Waals surface area contributed by atoms with Crippen molar-refractivity contribution in [3.63, 3.8) is 0 Å². The van der Waals surface area contributed by atoms with Gasteiger partial charge in [-0.3, -0.25) is 9.69 Å². The number of hydrogen-bond acceptors (Lipinski definition) is 3. The van der Waals surface area contributed by atoms with Gasteiger partial charge in [-0.25, -0.2) is 0 Å². The fourth-order valence-electron chi connectivity index (χ4n) is 2.40. The first-order valence-corrected chi connectivity index (χ1v) is 7.64. The third-order valence-corrected chi connectivity index (χ3v) is 5.12. The number of carbonyl (C=O) groups is 1. The van der Waals surface area contributed by atoms with Gasteiger partial charge in [0.25, 0.3) is 0 Å². The zero-order valence-corrected chi connectivity index (χ0v) is 12.5. The molecule has 2 rings (SSSR count). The lowest BCUT2D eigenvalue weighted by Crippen LogP contribution is -2.43. The minimum Gasteiger partial charge on any atom is -0.351 e. The van der Waals surface area contributed by atoms with Gasteiger partial charge in [0.05, 0.1) is 6.54 Å². The van der Waals surface area contributed by atoms with Gasteiger partial charge in [0.1, 0.15) is 0 Å². The van der Waals surface area contributed by atoms with Crippen LogP contribution in [-0.4, -0.2) is 45.9 Å². The first-order chi connectivity index (χ1) is 8.50. The average Bonchev–Trinajstić information content (AvgIpc) is 2.60. The summed E-state index contributed by atoms with van der Waals surface area (Å²) in [6.07, 6.45) is 0. The SMILES string of the molecule is Cc1cc(C(=O)CN2CCSCC2C)c(C)n1C. The molecule has 1 aliphatic heterocycles. The normalized spacial score (nSPS) is 21.2. The monoisotopic (exact) mass is 266 g/mol. The standard InChI is InChI=1S/C14H22N2OS/c1-10-7-13(12(3)15(10)4)14(17)8-16-5-6-18-9-11(16)2/h7,11H,5-6,8-9H2,1-4H3. The van der Waals surface area contributed by atoms with E-state index in [0.717, 1.165) is 35.0 Å². The number of hydrogen-bond donors (Lipinski definition) is 0. The number of rotatable bonds is 3. The molecule has 0 bridgehead atoms. The molecular weight excluding hydrogens is 244 g/mol. The summed E-state index contributed by atoms with van der Waals surface area (Å²) in [7, 11) is 2.02. The van der Waals surface area contributed by atoms with E-state index in [4.69, 9.17) is 0 Å². The van der Waals surface area contributed by atoms with E-state index in [2.05, 4.69) is 16.4 Å². The maximum Gasteiger partial charge on any atom is 0.178 e. The topological polar surface area (TPSA) is 25.2 Å². The summed E-state index contributed by atoms with van der Waals surface area (Å²) in [5.74, 6) is 2.54. The van der Waals surface area contributed by atoms with Crippen LogP contribution in [0.4, 0.5) is 0 Å². The zero-order chi connectivity index (χ0) is 13.3. The smallest absolute Gasteiger partial charge is 0.178 e. The average molecular weight is 266 g/mol. The van der Waals surface area contributed by atoms with Gasteiger partial charge in [-0.15, -0.1) is 0 Å². The van der Waals surface area contributed by atoms with Gasteiger partial charge in [0.2, 0.25) is 0 Å². The molecule has 0 aromatic carbocycles. The lowest BCUT2D eigenvalue weighted by molar-refractivity contribution is 0.0910. The van der Waals surface area contributed by atoms with Gasteiger partial charge < -0.3 is 4.57 Å². The van der Waals surface area contributed by atoms with Crippen LogP contribution in [0.2, 0.25) is 0 Å². The maximum atomic E-state index is 12.4. The fraction of sp³-hybridized carbons (Fsp3) is 0.643. The predicted molar refractivity (Wildman–Crippen MR) is 77.6 cm³/mol. The van der Waals surface area contributed by atoms with Crippen molar-refractivity contribution >= 4 is 17.5 Å². The molecule has 100 valence electrons. The Labute approximate surface area is 114 Å². The van der Waals surface area contributed by atoms with Crippen LogP contribution in [0.15, 0.2) is 6.07 Å². The van der Waals surface area contributed by atoms with Crippen LogP contribution in [0, 0.1) is 13.8 Å². The third kappa shape index (κ3) is 2.64. The van der Waals surface area contributed by atoms with Gasteiger partial charge in [-0.1, -0.05) is 0 Å². The van der Waals surface area contributed by atoms with E-state index < -0.39 is 0 Å². The Morgan fingerprint density at radius 3 is 2.78 bits per heavy atom. The van der Waals surface area contributed by atoms with Gasteiger partial charge in [-0.05, 0) is 26.8 Å². The largest absolute Gasteiger partial charge is 0.351 e. The lowest BCUT2D eigenvalue weighted by atomic mass is 10.1. The Kier molecular flexibility index (Phi) is 4.17. The van der Waals surface area contributed by atoms with Crippen LogP contribution in [0.5, 0.6) is 0 Å². The highest BCUT2D eigenvalue weighted by Crippen LogP contribution is 2.18. The summed E-state index contributed by atoms with van der Waals surface area (Å²) in [6.45, 7) is 7.87. The highest BCUT2D eigenvalue weighted by atomic mass is 32.2. The maximum absolute atomic E-state index is 12.4. The van der Waals surface area contributed by atoms with E-state index in [0.29, 0.717) is 12.6 Å². The number of ketones is 1. The van der Waals surface area contributed by atoms with E-state index in [-0.39, 0.29) is 5.78 Å². The van der Waals surface area contributed by atoms with Crippen molar-refractivity contribution in [2.45, 2.75) is 26.8 Å². The molecule has 1 saturated heterocycles. The number of thioether (sulfide) groups is 1. The van der Waals surface area contributed by atoms with E-state index in [1.54, 1.807) is 0 Å². The molecule has 18 heavy (non-hydrogen) atoms. The van der Waals surface area contributed by atoms with Gasteiger partial charge in [-0.2, -0.15) is 11.8 Å². The fourth-order valence-corrected chi connectivity index (χ4v) is 3.49. The summed E-state index contributed by atoms with van der Waals surface area (Å²) in [4.78, 5) is 14.7. The van der Waals surface area contributed by atoms with Gasteiger partial charge in [0.15, 0.2) is 5.78 Å². The molecule has 0 spiro atoms. The molecule has 0 aliphatic carbocycles. The quantitative estimate of drug-likeness (QED) is 0.785. The summed E-state index contributed by atoms with van der Waals surface area (Å²) in [5, 5.41) is 0. The second-order valence-corrected chi connectivity index (χ2v) is 6.31. The molecule has 1 unspecified atom stereocenters. The summed E-state index contributed by atoms with van der Waals surface area (Å²) >= 11 is 1.98. The molecule has 1 atom stereocenters. The number of carbonyl (C=O) groups excluding carboxylic acids is 1. The Balaban J connectivity index is 2.09. The Morgan fingerprint density at radius 1 is 1.50 bits per heavy atom. The van der Waals surface area contributed by atoms with Crippen molar-refractivity contribution in [2.24, 2.45) is 7.05 Å².